The zero-order valence-corrected chi connectivity index (χ0v) is 11.8. The van der Waals surface area contributed by atoms with Crippen LogP contribution in [0.25, 0.3) is 0 Å². The van der Waals surface area contributed by atoms with E-state index in [1.165, 1.54) is 42.5 Å². The van der Waals surface area contributed by atoms with E-state index in [4.69, 9.17) is 0 Å². The predicted molar refractivity (Wildman–Crippen MR) is 78.1 cm³/mol. The quantitative estimate of drug-likeness (QED) is 0.923. The standard InChI is InChI=1S/C15H13F2NO2S/c16-12-4-1-3-11(7-12)9-21(20)10-15(19)18-14-6-2-5-13(17)8-14/h1-8H,9-10H2,(H,18,19)/t21-/m0/s1. The Hall–Kier alpha value is -2.08. The van der Waals surface area contributed by atoms with Gasteiger partial charge in [0.05, 0.1) is 0 Å². The number of carbonyl (C=O) groups excluding carboxylic acids is 1. The van der Waals surface area contributed by atoms with Crippen LogP contribution in [0, 0.1) is 11.6 Å². The summed E-state index contributed by atoms with van der Waals surface area (Å²) in [6, 6.07) is 11.2. The van der Waals surface area contributed by atoms with Crippen LogP contribution in [-0.2, 0) is 21.3 Å². The van der Waals surface area contributed by atoms with Gasteiger partial charge in [-0.1, -0.05) is 18.2 Å². The number of anilines is 1. The molecule has 0 radical (unpaired) electrons. The summed E-state index contributed by atoms with van der Waals surface area (Å²) >= 11 is 0. The second-order valence-corrected chi connectivity index (χ2v) is 5.87. The maximum atomic E-state index is 13.0. The molecule has 6 heteroatoms. The smallest absolute Gasteiger partial charge is 0.237 e. The van der Waals surface area contributed by atoms with Gasteiger partial charge in [-0.05, 0) is 35.9 Å². The lowest BCUT2D eigenvalue weighted by molar-refractivity contribution is -0.113. The highest BCUT2D eigenvalue weighted by atomic mass is 32.2. The molecule has 21 heavy (non-hydrogen) atoms. The SMILES string of the molecule is O=C(C[S@@](=O)Cc1cccc(F)c1)Nc1cccc(F)c1. The molecule has 0 fully saturated rings. The molecule has 3 nitrogen and oxygen atoms in total. The Bertz CT molecular complexity index is 619. The van der Waals surface area contributed by atoms with Crippen LogP contribution in [0.5, 0.6) is 0 Å². The fourth-order valence-corrected chi connectivity index (χ4v) is 2.79. The second kappa shape index (κ2) is 7.08. The van der Waals surface area contributed by atoms with Gasteiger partial charge in [-0.3, -0.25) is 9.00 Å². The number of benzene rings is 2. The van der Waals surface area contributed by atoms with Crippen molar-refractivity contribution in [2.45, 2.75) is 5.75 Å². The van der Waals surface area contributed by atoms with Crippen molar-refractivity contribution in [2.75, 3.05) is 11.1 Å². The van der Waals surface area contributed by atoms with Crippen molar-refractivity contribution in [2.24, 2.45) is 0 Å². The largest absolute Gasteiger partial charge is 0.325 e. The van der Waals surface area contributed by atoms with Crippen molar-refractivity contribution in [3.05, 3.63) is 65.7 Å². The van der Waals surface area contributed by atoms with E-state index >= 15 is 0 Å². The highest BCUT2D eigenvalue weighted by molar-refractivity contribution is 7.84. The minimum atomic E-state index is -1.46. The molecule has 2 aromatic carbocycles. The molecule has 0 aliphatic heterocycles. The van der Waals surface area contributed by atoms with E-state index in [0.717, 1.165) is 0 Å². The minimum absolute atomic E-state index is 0.0916. The molecule has 0 saturated carbocycles. The molecular weight excluding hydrogens is 296 g/mol. The average molecular weight is 309 g/mol. The predicted octanol–water partition coefficient (Wildman–Crippen LogP) is 2.85. The summed E-state index contributed by atoms with van der Waals surface area (Å²) in [5.41, 5.74) is 0.870. The summed E-state index contributed by atoms with van der Waals surface area (Å²) in [6.07, 6.45) is 0. The van der Waals surface area contributed by atoms with E-state index in [0.29, 0.717) is 11.3 Å². The van der Waals surface area contributed by atoms with Crippen molar-refractivity contribution in [3.63, 3.8) is 0 Å². The first kappa shape index (κ1) is 15.3. The van der Waals surface area contributed by atoms with E-state index in [2.05, 4.69) is 5.32 Å². The molecule has 0 spiro atoms. The van der Waals surface area contributed by atoms with Crippen molar-refractivity contribution >= 4 is 22.4 Å². The van der Waals surface area contributed by atoms with E-state index in [1.807, 2.05) is 0 Å². The third-order valence-electron chi connectivity index (χ3n) is 2.62. The van der Waals surface area contributed by atoms with Gasteiger partial charge in [0.25, 0.3) is 0 Å². The molecule has 0 heterocycles. The molecule has 0 unspecified atom stereocenters. The Kier molecular flexibility index (Phi) is 5.16. The Balaban J connectivity index is 1.89. The number of rotatable bonds is 5. The summed E-state index contributed by atoms with van der Waals surface area (Å²) in [5.74, 6) is -1.49. The van der Waals surface area contributed by atoms with E-state index in [9.17, 15) is 17.8 Å². The van der Waals surface area contributed by atoms with E-state index in [1.54, 1.807) is 6.07 Å². The molecular formula is C15H13F2NO2S. The van der Waals surface area contributed by atoms with Crippen LogP contribution >= 0.6 is 0 Å². The van der Waals surface area contributed by atoms with E-state index in [-0.39, 0.29) is 11.5 Å². The maximum absolute atomic E-state index is 13.0. The molecule has 0 aromatic heterocycles. The summed E-state index contributed by atoms with van der Waals surface area (Å²) in [7, 11) is -1.46. The van der Waals surface area contributed by atoms with Crippen LogP contribution in [0.4, 0.5) is 14.5 Å². The maximum Gasteiger partial charge on any atom is 0.237 e. The molecule has 0 aliphatic carbocycles. The molecule has 0 aliphatic rings. The van der Waals surface area contributed by atoms with Gasteiger partial charge in [0, 0.05) is 22.2 Å². The van der Waals surface area contributed by atoms with Crippen LogP contribution in [0.15, 0.2) is 48.5 Å². The van der Waals surface area contributed by atoms with Crippen LogP contribution < -0.4 is 5.32 Å². The van der Waals surface area contributed by atoms with Crippen LogP contribution in [0.2, 0.25) is 0 Å². The van der Waals surface area contributed by atoms with Gasteiger partial charge in [0.1, 0.15) is 17.4 Å². The molecule has 1 amide bonds. The van der Waals surface area contributed by atoms with Crippen LogP contribution in [0.3, 0.4) is 0 Å². The van der Waals surface area contributed by atoms with Gasteiger partial charge in [0.2, 0.25) is 5.91 Å². The molecule has 1 N–H and O–H groups in total. The molecule has 0 bridgehead atoms. The Labute approximate surface area is 123 Å². The Morgan fingerprint density at radius 3 is 2.38 bits per heavy atom. The fourth-order valence-electron chi connectivity index (χ4n) is 1.77. The zero-order valence-electron chi connectivity index (χ0n) is 11.0. The number of carbonyl (C=O) groups is 1. The minimum Gasteiger partial charge on any atom is -0.325 e. The van der Waals surface area contributed by atoms with Gasteiger partial charge in [0.15, 0.2) is 0 Å². The average Bonchev–Trinajstić information content (AvgIpc) is 2.38. The van der Waals surface area contributed by atoms with Gasteiger partial charge in [-0.25, -0.2) is 8.78 Å². The molecule has 0 saturated heterocycles. The first-order valence-electron chi connectivity index (χ1n) is 6.18. The summed E-state index contributed by atoms with van der Waals surface area (Å²) < 4.78 is 37.8. The fraction of sp³-hybridized carbons (Fsp3) is 0.133. The zero-order chi connectivity index (χ0) is 15.2. The van der Waals surface area contributed by atoms with E-state index < -0.39 is 28.3 Å². The van der Waals surface area contributed by atoms with Gasteiger partial charge in [-0.15, -0.1) is 0 Å². The molecule has 2 aromatic rings. The highest BCUT2D eigenvalue weighted by Gasteiger charge is 2.10. The molecule has 110 valence electrons. The van der Waals surface area contributed by atoms with Crippen LogP contribution in [0.1, 0.15) is 5.56 Å². The number of amides is 1. The van der Waals surface area contributed by atoms with Crippen molar-refractivity contribution in [1.29, 1.82) is 0 Å². The Morgan fingerprint density at radius 1 is 1.05 bits per heavy atom. The van der Waals surface area contributed by atoms with Crippen LogP contribution in [-0.4, -0.2) is 15.9 Å². The topological polar surface area (TPSA) is 46.2 Å². The van der Waals surface area contributed by atoms with Gasteiger partial charge in [-0.2, -0.15) is 0 Å². The second-order valence-electron chi connectivity index (χ2n) is 4.42. The number of hydrogen-bond donors (Lipinski definition) is 1. The lowest BCUT2D eigenvalue weighted by atomic mass is 10.2. The number of nitrogens with one attached hydrogen (secondary N) is 1. The first-order chi connectivity index (χ1) is 10.0. The summed E-state index contributed by atoms with van der Waals surface area (Å²) in [5, 5.41) is 2.46. The van der Waals surface area contributed by atoms with Crippen molar-refractivity contribution < 1.29 is 17.8 Å². The normalized spacial score (nSPS) is 11.9. The van der Waals surface area contributed by atoms with Gasteiger partial charge >= 0.3 is 0 Å². The lowest BCUT2D eigenvalue weighted by Gasteiger charge is -2.05. The highest BCUT2D eigenvalue weighted by Crippen LogP contribution is 2.10. The number of hydrogen-bond acceptors (Lipinski definition) is 2. The van der Waals surface area contributed by atoms with Crippen molar-refractivity contribution in [3.8, 4) is 0 Å². The first-order valence-corrected chi connectivity index (χ1v) is 7.66. The Morgan fingerprint density at radius 2 is 1.71 bits per heavy atom. The molecule has 1 atom stereocenters. The van der Waals surface area contributed by atoms with Crippen molar-refractivity contribution in [1.82, 2.24) is 0 Å². The molecule has 2 rings (SSSR count). The monoisotopic (exact) mass is 309 g/mol. The summed E-state index contributed by atoms with van der Waals surface area (Å²) in [6.45, 7) is 0. The lowest BCUT2D eigenvalue weighted by Crippen LogP contribution is -2.20. The summed E-state index contributed by atoms with van der Waals surface area (Å²) in [4.78, 5) is 11.7. The third kappa shape index (κ3) is 5.07. The van der Waals surface area contributed by atoms with Gasteiger partial charge < -0.3 is 5.32 Å². The number of halogens is 2. The third-order valence-corrected chi connectivity index (χ3v) is 3.86.